The molecule has 0 unspecified atom stereocenters. The van der Waals surface area contributed by atoms with Crippen LogP contribution in [0.2, 0.25) is 10.0 Å². The summed E-state index contributed by atoms with van der Waals surface area (Å²) in [6, 6.07) is 11.0. The molecule has 1 amide bonds. The number of Topliss-reactive ketones (excluding diaryl/α,β-unsaturated/α-hetero) is 1. The molecule has 2 aromatic rings. The minimum absolute atomic E-state index is 0.0198. The van der Waals surface area contributed by atoms with Gasteiger partial charge in [0.05, 0.1) is 23.7 Å². The summed E-state index contributed by atoms with van der Waals surface area (Å²) in [6.45, 7) is 7.16. The molecule has 176 valence electrons. The summed E-state index contributed by atoms with van der Waals surface area (Å²) in [5, 5.41) is 11.9. The number of halogens is 2. The van der Waals surface area contributed by atoms with E-state index in [2.05, 4.69) is 18.7 Å². The summed E-state index contributed by atoms with van der Waals surface area (Å²) < 4.78 is 5.17. The molecule has 0 radical (unpaired) electrons. The van der Waals surface area contributed by atoms with Gasteiger partial charge in [0.25, 0.3) is 11.7 Å². The van der Waals surface area contributed by atoms with Gasteiger partial charge in [0.15, 0.2) is 0 Å². The summed E-state index contributed by atoms with van der Waals surface area (Å²) in [4.78, 5) is 29.9. The number of aliphatic hydroxyl groups excluding tert-OH is 1. The van der Waals surface area contributed by atoms with Crippen molar-refractivity contribution in [2.24, 2.45) is 0 Å². The number of nitrogens with zero attached hydrogens (tertiary/aromatic N) is 2. The van der Waals surface area contributed by atoms with Crippen molar-refractivity contribution in [3.8, 4) is 5.75 Å². The minimum atomic E-state index is -0.749. The van der Waals surface area contributed by atoms with E-state index < -0.39 is 17.7 Å². The van der Waals surface area contributed by atoms with Crippen LogP contribution in [0.1, 0.15) is 37.4 Å². The molecule has 3 rings (SSSR count). The maximum absolute atomic E-state index is 13.1. The van der Waals surface area contributed by atoms with Crippen molar-refractivity contribution in [1.29, 1.82) is 0 Å². The zero-order valence-corrected chi connectivity index (χ0v) is 20.5. The van der Waals surface area contributed by atoms with Crippen LogP contribution >= 0.6 is 23.2 Å². The average Bonchev–Trinajstić information content (AvgIpc) is 3.06. The Morgan fingerprint density at radius 1 is 1.12 bits per heavy atom. The van der Waals surface area contributed by atoms with Crippen LogP contribution in [0, 0.1) is 0 Å². The summed E-state index contributed by atoms with van der Waals surface area (Å²) in [5.74, 6) is -1.21. The lowest BCUT2D eigenvalue weighted by atomic mass is 9.95. The molecule has 1 aliphatic heterocycles. The Morgan fingerprint density at radius 2 is 1.85 bits per heavy atom. The Hall–Kier alpha value is -2.54. The van der Waals surface area contributed by atoms with Gasteiger partial charge in [0.2, 0.25) is 0 Å². The lowest BCUT2D eigenvalue weighted by Crippen LogP contribution is -2.33. The normalized spacial score (nSPS) is 17.8. The van der Waals surface area contributed by atoms with Crippen LogP contribution in [0.25, 0.3) is 5.76 Å². The van der Waals surface area contributed by atoms with Crippen molar-refractivity contribution in [3.63, 3.8) is 0 Å². The SMILES string of the molecule is CCN(CC)CCCN1C(=O)C(=O)/C(=C(/O)c2ccc(OC)c(Cl)c2)[C@@H]1c1cccc(Cl)c1. The summed E-state index contributed by atoms with van der Waals surface area (Å²) in [5.41, 5.74) is 1.01. The van der Waals surface area contributed by atoms with Crippen LogP contribution < -0.4 is 4.74 Å². The van der Waals surface area contributed by atoms with E-state index in [0.717, 1.165) is 19.6 Å². The van der Waals surface area contributed by atoms with Crippen molar-refractivity contribution >= 4 is 40.7 Å². The van der Waals surface area contributed by atoms with Gasteiger partial charge < -0.3 is 19.6 Å². The first-order chi connectivity index (χ1) is 15.8. The highest BCUT2D eigenvalue weighted by molar-refractivity contribution is 6.46. The van der Waals surface area contributed by atoms with Gasteiger partial charge in [0, 0.05) is 17.1 Å². The second-order valence-corrected chi connectivity index (χ2v) is 8.62. The zero-order chi connectivity index (χ0) is 24.1. The van der Waals surface area contributed by atoms with E-state index in [1.54, 1.807) is 36.4 Å². The smallest absolute Gasteiger partial charge is 0.295 e. The van der Waals surface area contributed by atoms with Crippen molar-refractivity contribution < 1.29 is 19.4 Å². The molecule has 1 atom stereocenters. The average molecular weight is 491 g/mol. The first kappa shape index (κ1) is 25.1. The second-order valence-electron chi connectivity index (χ2n) is 7.78. The van der Waals surface area contributed by atoms with E-state index in [9.17, 15) is 14.7 Å². The van der Waals surface area contributed by atoms with E-state index in [0.29, 0.717) is 34.9 Å². The fraction of sp³-hybridized carbons (Fsp3) is 0.360. The molecule has 1 fully saturated rings. The summed E-state index contributed by atoms with van der Waals surface area (Å²) >= 11 is 12.5. The molecule has 0 aromatic heterocycles. The molecule has 33 heavy (non-hydrogen) atoms. The highest BCUT2D eigenvalue weighted by Gasteiger charge is 2.45. The number of hydrogen-bond donors (Lipinski definition) is 1. The van der Waals surface area contributed by atoms with Crippen molar-refractivity contribution in [1.82, 2.24) is 9.80 Å². The molecule has 0 aliphatic carbocycles. The third-order valence-electron chi connectivity index (χ3n) is 5.90. The largest absolute Gasteiger partial charge is 0.507 e. The number of ether oxygens (including phenoxy) is 1. The maximum Gasteiger partial charge on any atom is 0.295 e. The minimum Gasteiger partial charge on any atom is -0.507 e. The first-order valence-electron chi connectivity index (χ1n) is 10.9. The van der Waals surface area contributed by atoms with Gasteiger partial charge >= 0.3 is 0 Å². The van der Waals surface area contributed by atoms with Gasteiger partial charge in [-0.25, -0.2) is 0 Å². The molecule has 1 N–H and O–H groups in total. The number of aliphatic hydroxyl groups is 1. The number of hydrogen-bond acceptors (Lipinski definition) is 5. The third kappa shape index (κ3) is 5.35. The zero-order valence-electron chi connectivity index (χ0n) is 19.0. The molecule has 1 aliphatic rings. The fourth-order valence-electron chi connectivity index (χ4n) is 4.11. The number of likely N-dealkylation sites (tertiary alicyclic amines) is 1. The summed E-state index contributed by atoms with van der Waals surface area (Å²) in [6.07, 6.45) is 0.695. The van der Waals surface area contributed by atoms with Gasteiger partial charge in [-0.15, -0.1) is 0 Å². The lowest BCUT2D eigenvalue weighted by Gasteiger charge is -2.27. The molecular formula is C25H28Cl2N2O4. The predicted octanol–water partition coefficient (Wildman–Crippen LogP) is 5.16. The molecule has 6 nitrogen and oxygen atoms in total. The Labute approximate surface area is 204 Å². The van der Waals surface area contributed by atoms with Gasteiger partial charge in [-0.1, -0.05) is 49.2 Å². The number of benzene rings is 2. The number of carbonyl (C=O) groups is 2. The van der Waals surface area contributed by atoms with Crippen LogP contribution in [0.4, 0.5) is 0 Å². The molecule has 8 heteroatoms. The topological polar surface area (TPSA) is 70.1 Å². The maximum atomic E-state index is 13.1. The van der Waals surface area contributed by atoms with Crippen LogP contribution in [-0.2, 0) is 9.59 Å². The van der Waals surface area contributed by atoms with Crippen molar-refractivity contribution in [3.05, 3.63) is 69.2 Å². The van der Waals surface area contributed by atoms with Crippen LogP contribution in [0.5, 0.6) is 5.75 Å². The van der Waals surface area contributed by atoms with Crippen molar-refractivity contribution in [2.45, 2.75) is 26.3 Å². The van der Waals surface area contributed by atoms with Gasteiger partial charge in [-0.05, 0) is 62.0 Å². The molecule has 0 bridgehead atoms. The monoisotopic (exact) mass is 490 g/mol. The summed E-state index contributed by atoms with van der Waals surface area (Å²) in [7, 11) is 1.49. The number of amides is 1. The number of carbonyl (C=O) groups excluding carboxylic acids is 2. The Kier molecular flexibility index (Phi) is 8.40. The van der Waals surface area contributed by atoms with E-state index in [4.69, 9.17) is 27.9 Å². The van der Waals surface area contributed by atoms with E-state index >= 15 is 0 Å². The molecule has 1 heterocycles. The van der Waals surface area contributed by atoms with Gasteiger partial charge in [-0.2, -0.15) is 0 Å². The van der Waals surface area contributed by atoms with Crippen LogP contribution in [0.3, 0.4) is 0 Å². The predicted molar refractivity (Wildman–Crippen MR) is 131 cm³/mol. The molecule has 0 spiro atoms. The number of rotatable bonds is 9. The third-order valence-corrected chi connectivity index (χ3v) is 6.43. The Balaban J connectivity index is 2.05. The Morgan fingerprint density at radius 3 is 2.45 bits per heavy atom. The fourth-order valence-corrected chi connectivity index (χ4v) is 4.56. The quantitative estimate of drug-likeness (QED) is 0.298. The van der Waals surface area contributed by atoms with Crippen LogP contribution in [-0.4, -0.2) is 59.9 Å². The second kappa shape index (κ2) is 11.1. The lowest BCUT2D eigenvalue weighted by molar-refractivity contribution is -0.140. The van der Waals surface area contributed by atoms with E-state index in [-0.39, 0.29) is 16.4 Å². The molecule has 2 aromatic carbocycles. The number of ketones is 1. The highest BCUT2D eigenvalue weighted by atomic mass is 35.5. The van der Waals surface area contributed by atoms with E-state index in [1.807, 2.05) is 0 Å². The molecular weight excluding hydrogens is 463 g/mol. The standard InChI is InChI=1S/C25H28Cl2N2O4/c1-4-28(5-2)12-7-13-29-22(16-8-6-9-18(26)14-16)21(24(31)25(29)32)23(30)17-10-11-20(33-3)19(27)15-17/h6,8-11,14-15,22,30H,4-5,7,12-13H2,1-3H3/b23-21+/t22-/m0/s1. The highest BCUT2D eigenvalue weighted by Crippen LogP contribution is 2.40. The Bertz CT molecular complexity index is 1070. The van der Waals surface area contributed by atoms with Crippen molar-refractivity contribution in [2.75, 3.05) is 33.3 Å². The molecule has 1 saturated heterocycles. The van der Waals surface area contributed by atoms with Gasteiger partial charge in [-0.3, -0.25) is 9.59 Å². The number of methoxy groups -OCH3 is 1. The first-order valence-corrected chi connectivity index (χ1v) is 11.7. The van der Waals surface area contributed by atoms with E-state index in [1.165, 1.54) is 18.1 Å². The van der Waals surface area contributed by atoms with Crippen LogP contribution in [0.15, 0.2) is 48.0 Å². The van der Waals surface area contributed by atoms with Gasteiger partial charge in [0.1, 0.15) is 11.5 Å². The molecule has 0 saturated carbocycles.